The van der Waals surface area contributed by atoms with Crippen molar-refractivity contribution in [3.05, 3.63) is 84.1 Å². The highest BCUT2D eigenvalue weighted by molar-refractivity contribution is 5.89. The van der Waals surface area contributed by atoms with Crippen LogP contribution in [0.2, 0.25) is 0 Å². The lowest BCUT2D eigenvalue weighted by Gasteiger charge is -2.20. The van der Waals surface area contributed by atoms with Gasteiger partial charge in [0.2, 0.25) is 5.95 Å². The van der Waals surface area contributed by atoms with Crippen LogP contribution in [-0.4, -0.2) is 28.7 Å². The van der Waals surface area contributed by atoms with Crippen LogP contribution < -0.4 is 10.2 Å². The Morgan fingerprint density at radius 2 is 1.70 bits per heavy atom. The first-order chi connectivity index (χ1) is 13.3. The topological polar surface area (TPSA) is 67.3 Å². The summed E-state index contributed by atoms with van der Waals surface area (Å²) in [6.45, 7) is 0.965. The molecule has 0 bridgehead atoms. The summed E-state index contributed by atoms with van der Waals surface area (Å²) >= 11 is 0. The molecule has 0 spiro atoms. The molecule has 0 radical (unpaired) electrons. The van der Waals surface area contributed by atoms with Crippen LogP contribution in [0, 0.1) is 0 Å². The van der Waals surface area contributed by atoms with E-state index in [4.69, 9.17) is 4.74 Å². The molecule has 6 nitrogen and oxygen atoms in total. The number of cyclic esters (lactones) is 1. The molecular formula is C21H20N4O2. The number of hydrogen-bond donors (Lipinski definition) is 1. The molecule has 1 aliphatic heterocycles. The van der Waals surface area contributed by atoms with E-state index in [2.05, 4.69) is 15.3 Å². The third kappa shape index (κ3) is 4.06. The Morgan fingerprint density at radius 1 is 1.00 bits per heavy atom. The van der Waals surface area contributed by atoms with Gasteiger partial charge >= 0.3 is 6.09 Å². The average Bonchev–Trinajstić information content (AvgIpc) is 3.08. The molecule has 1 atom stereocenters. The fourth-order valence-electron chi connectivity index (χ4n) is 3.12. The van der Waals surface area contributed by atoms with Crippen LogP contribution in [0.4, 0.5) is 16.6 Å². The molecule has 0 aliphatic carbocycles. The highest BCUT2D eigenvalue weighted by Gasteiger charge is 2.35. The first-order valence-corrected chi connectivity index (χ1v) is 8.90. The van der Waals surface area contributed by atoms with E-state index < -0.39 is 0 Å². The minimum Gasteiger partial charge on any atom is -0.447 e. The van der Waals surface area contributed by atoms with Gasteiger partial charge < -0.3 is 10.1 Å². The van der Waals surface area contributed by atoms with Gasteiger partial charge in [-0.3, -0.25) is 4.90 Å². The van der Waals surface area contributed by atoms with Gasteiger partial charge in [0.1, 0.15) is 12.4 Å². The molecule has 1 fully saturated rings. The number of aromatic nitrogens is 2. The molecule has 3 aromatic rings. The van der Waals surface area contributed by atoms with Gasteiger partial charge in [-0.2, -0.15) is 4.98 Å². The summed E-state index contributed by atoms with van der Waals surface area (Å²) in [5, 5.41) is 3.20. The Kier molecular flexibility index (Phi) is 4.96. The average molecular weight is 360 g/mol. The van der Waals surface area contributed by atoms with E-state index in [9.17, 15) is 4.79 Å². The maximum Gasteiger partial charge on any atom is 0.415 e. The summed E-state index contributed by atoms with van der Waals surface area (Å²) in [6.07, 6.45) is 1.99. The van der Waals surface area contributed by atoms with E-state index in [-0.39, 0.29) is 12.1 Å². The van der Waals surface area contributed by atoms with Crippen molar-refractivity contribution >= 4 is 17.9 Å². The number of hydrogen-bond acceptors (Lipinski definition) is 5. The summed E-state index contributed by atoms with van der Waals surface area (Å²) in [4.78, 5) is 22.7. The van der Waals surface area contributed by atoms with Crippen LogP contribution >= 0.6 is 0 Å². The van der Waals surface area contributed by atoms with E-state index in [1.54, 1.807) is 17.2 Å². The maximum atomic E-state index is 12.3. The summed E-state index contributed by atoms with van der Waals surface area (Å²) in [6, 6.07) is 21.7. The third-order valence-electron chi connectivity index (χ3n) is 4.46. The quantitative estimate of drug-likeness (QED) is 0.727. The Labute approximate surface area is 157 Å². The van der Waals surface area contributed by atoms with Crippen molar-refractivity contribution in [2.45, 2.75) is 19.0 Å². The number of nitrogens with zero attached hydrogens (tertiary/aromatic N) is 3. The SMILES string of the molecule is O=C1OC[C@H](Cc2ccccc2)N1c1ccnc(NCc2ccccc2)n1. The van der Waals surface area contributed by atoms with Crippen molar-refractivity contribution in [3.63, 3.8) is 0 Å². The highest BCUT2D eigenvalue weighted by atomic mass is 16.6. The number of carbonyl (C=O) groups excluding carboxylic acids is 1. The molecule has 6 heteroatoms. The Balaban J connectivity index is 1.50. The molecule has 0 saturated carbocycles. The second kappa shape index (κ2) is 7.86. The second-order valence-electron chi connectivity index (χ2n) is 6.37. The number of benzene rings is 2. The molecule has 1 aliphatic rings. The lowest BCUT2D eigenvalue weighted by Crippen LogP contribution is -2.35. The van der Waals surface area contributed by atoms with Gasteiger partial charge in [0.05, 0.1) is 6.04 Å². The van der Waals surface area contributed by atoms with Crippen molar-refractivity contribution < 1.29 is 9.53 Å². The summed E-state index contributed by atoms with van der Waals surface area (Å²) < 4.78 is 5.28. The minimum absolute atomic E-state index is 0.0863. The van der Waals surface area contributed by atoms with Gasteiger partial charge in [0.15, 0.2) is 0 Å². The van der Waals surface area contributed by atoms with Gasteiger partial charge in [0, 0.05) is 12.7 Å². The number of nitrogens with one attached hydrogen (secondary N) is 1. The molecule has 2 aromatic carbocycles. The van der Waals surface area contributed by atoms with Crippen molar-refractivity contribution in [3.8, 4) is 0 Å². The first kappa shape index (κ1) is 17.0. The van der Waals surface area contributed by atoms with E-state index >= 15 is 0 Å². The first-order valence-electron chi connectivity index (χ1n) is 8.90. The summed E-state index contributed by atoms with van der Waals surface area (Å²) in [5.41, 5.74) is 2.29. The van der Waals surface area contributed by atoms with Crippen molar-refractivity contribution in [2.24, 2.45) is 0 Å². The van der Waals surface area contributed by atoms with Crippen LogP contribution in [-0.2, 0) is 17.7 Å². The predicted molar refractivity (Wildman–Crippen MR) is 104 cm³/mol. The molecule has 136 valence electrons. The van der Waals surface area contributed by atoms with Crippen LogP contribution in [0.5, 0.6) is 0 Å². The number of rotatable bonds is 6. The molecule has 1 aromatic heterocycles. The van der Waals surface area contributed by atoms with Gasteiger partial charge in [-0.05, 0) is 23.6 Å². The van der Waals surface area contributed by atoms with E-state index in [1.807, 2.05) is 60.7 Å². The zero-order valence-corrected chi connectivity index (χ0v) is 14.8. The standard InChI is InChI=1S/C21H20N4O2/c26-21-25(18(15-27-21)13-16-7-3-1-4-8-16)19-11-12-22-20(24-19)23-14-17-9-5-2-6-10-17/h1-12,18H,13-15H2,(H,22,23,24)/t18-/m0/s1. The lowest BCUT2D eigenvalue weighted by atomic mass is 10.1. The van der Waals surface area contributed by atoms with Gasteiger partial charge in [-0.1, -0.05) is 60.7 Å². The second-order valence-corrected chi connectivity index (χ2v) is 6.37. The molecule has 27 heavy (non-hydrogen) atoms. The van der Waals surface area contributed by atoms with Crippen molar-refractivity contribution in [1.29, 1.82) is 0 Å². The van der Waals surface area contributed by atoms with Crippen LogP contribution in [0.3, 0.4) is 0 Å². The number of amides is 1. The zero-order valence-electron chi connectivity index (χ0n) is 14.8. The highest BCUT2D eigenvalue weighted by Crippen LogP contribution is 2.24. The normalized spacial score (nSPS) is 16.2. The van der Waals surface area contributed by atoms with E-state index in [1.165, 1.54) is 0 Å². The number of carbonyl (C=O) groups is 1. The molecule has 1 amide bonds. The van der Waals surface area contributed by atoms with E-state index in [0.717, 1.165) is 11.1 Å². The Morgan fingerprint density at radius 3 is 2.44 bits per heavy atom. The Hall–Kier alpha value is -3.41. The fourth-order valence-corrected chi connectivity index (χ4v) is 3.12. The predicted octanol–water partition coefficient (Wildman–Crippen LogP) is 3.66. The number of anilines is 2. The molecule has 2 heterocycles. The van der Waals surface area contributed by atoms with Crippen molar-refractivity contribution in [2.75, 3.05) is 16.8 Å². The molecule has 4 rings (SSSR count). The van der Waals surface area contributed by atoms with Crippen LogP contribution in [0.15, 0.2) is 72.9 Å². The smallest absolute Gasteiger partial charge is 0.415 e. The largest absolute Gasteiger partial charge is 0.447 e. The van der Waals surface area contributed by atoms with Crippen molar-refractivity contribution in [1.82, 2.24) is 9.97 Å². The molecule has 1 saturated heterocycles. The van der Waals surface area contributed by atoms with Crippen LogP contribution in [0.1, 0.15) is 11.1 Å². The number of ether oxygens (including phenoxy) is 1. The summed E-state index contributed by atoms with van der Waals surface area (Å²) in [7, 11) is 0. The van der Waals surface area contributed by atoms with Gasteiger partial charge in [0.25, 0.3) is 0 Å². The molecule has 0 unspecified atom stereocenters. The lowest BCUT2D eigenvalue weighted by molar-refractivity contribution is 0.178. The third-order valence-corrected chi connectivity index (χ3v) is 4.46. The van der Waals surface area contributed by atoms with Gasteiger partial charge in [-0.25, -0.2) is 9.78 Å². The molecule has 1 N–H and O–H groups in total. The molecular weight excluding hydrogens is 340 g/mol. The maximum absolute atomic E-state index is 12.3. The van der Waals surface area contributed by atoms with Gasteiger partial charge in [-0.15, -0.1) is 0 Å². The van der Waals surface area contributed by atoms with E-state index in [0.29, 0.717) is 31.3 Å². The van der Waals surface area contributed by atoms with Crippen LogP contribution in [0.25, 0.3) is 0 Å². The fraction of sp³-hybridized carbons (Fsp3) is 0.190. The minimum atomic E-state index is -0.372. The monoisotopic (exact) mass is 360 g/mol. The summed E-state index contributed by atoms with van der Waals surface area (Å²) in [5.74, 6) is 1.03. The zero-order chi connectivity index (χ0) is 18.5. The Bertz CT molecular complexity index is 902.